The number of rotatable bonds is 4. The number of fused-ring (bicyclic) bond motifs is 5. The second-order valence-corrected chi connectivity index (χ2v) is 10.5. The van der Waals surface area contributed by atoms with Gasteiger partial charge in [-0.25, -0.2) is 0 Å². The molecule has 0 atom stereocenters. The monoisotopic (exact) mass is 587 g/mol. The first-order chi connectivity index (χ1) is 28.6. The summed E-state index contributed by atoms with van der Waals surface area (Å²) >= 11 is 0. The van der Waals surface area contributed by atoms with E-state index in [1.807, 2.05) is 0 Å². The molecule has 8 aromatic carbocycles. The summed E-state index contributed by atoms with van der Waals surface area (Å²) in [6.45, 7) is 0. The maximum absolute atomic E-state index is 9.76. The van der Waals surface area contributed by atoms with Crippen LogP contribution in [-0.2, 0) is 0 Å². The highest BCUT2D eigenvalue weighted by Gasteiger charge is 2.18. The highest BCUT2D eigenvalue weighted by Crippen LogP contribution is 2.45. The lowest BCUT2D eigenvalue weighted by molar-refractivity contribution is 0.670. The van der Waals surface area contributed by atoms with Gasteiger partial charge in [0, 0.05) is 16.3 Å². The van der Waals surface area contributed by atoms with Crippen LogP contribution in [0.2, 0.25) is 0 Å². The van der Waals surface area contributed by atoms with Gasteiger partial charge < -0.3 is 4.42 Å². The van der Waals surface area contributed by atoms with Crippen LogP contribution in [0, 0.1) is 0 Å². The first-order valence-corrected chi connectivity index (χ1v) is 14.2. The lowest BCUT2D eigenvalue weighted by atomic mass is 9.85. The molecular formula is C44H28O. The van der Waals surface area contributed by atoms with E-state index in [0.29, 0.717) is 38.2 Å². The van der Waals surface area contributed by atoms with E-state index in [0.717, 1.165) is 0 Å². The average Bonchev–Trinajstić information content (AvgIpc) is 3.66. The molecule has 9 aromatic rings. The van der Waals surface area contributed by atoms with E-state index in [1.165, 1.54) is 0 Å². The van der Waals surface area contributed by atoms with Crippen LogP contribution in [0.15, 0.2) is 174 Å². The van der Waals surface area contributed by atoms with Crippen molar-refractivity contribution in [2.24, 2.45) is 0 Å². The number of furan rings is 1. The molecule has 210 valence electrons. The molecular weight excluding hydrogens is 544 g/mol. The summed E-state index contributed by atoms with van der Waals surface area (Å²) in [7, 11) is 0. The molecule has 0 amide bonds. The molecule has 0 fully saturated rings. The smallest absolute Gasteiger partial charge is 0.143 e. The van der Waals surface area contributed by atoms with Gasteiger partial charge in [-0.05, 0) is 72.6 Å². The molecule has 0 aliphatic carbocycles. The Morgan fingerprint density at radius 1 is 0.378 bits per heavy atom. The Balaban J connectivity index is 1.42. The lowest BCUT2D eigenvalue weighted by Gasteiger charge is -2.18. The van der Waals surface area contributed by atoms with E-state index >= 15 is 0 Å². The standard InChI is InChI=1S/C44H28O/c1-3-12-29(13-4-1)30-22-24-32(25-23-30)42-35-16-7-9-18-37(35)43(38-19-10-8-17-36(38)42)33-26-27-41-40(28-33)39-21-11-20-34(44(39)45-41)31-14-5-2-6-15-31/h1-28H/i2D,5D,6D,11D,14D,15D,20D,21D,22D,23D,24D,25D,26D,27D,28D. The van der Waals surface area contributed by atoms with Gasteiger partial charge in [0.1, 0.15) is 11.2 Å². The third-order valence-corrected chi connectivity index (χ3v) is 7.93. The molecule has 1 nitrogen and oxygen atoms in total. The Hall–Kier alpha value is -5.92. The van der Waals surface area contributed by atoms with E-state index in [2.05, 4.69) is 0 Å². The summed E-state index contributed by atoms with van der Waals surface area (Å²) in [6, 6.07) is 15.0. The fourth-order valence-corrected chi connectivity index (χ4v) is 5.95. The molecule has 9 rings (SSSR count). The Bertz CT molecular complexity index is 3260. The van der Waals surface area contributed by atoms with Gasteiger partial charge in [0.25, 0.3) is 0 Å². The fraction of sp³-hybridized carbons (Fsp3) is 0. The quantitative estimate of drug-likeness (QED) is 0.187. The summed E-state index contributed by atoms with van der Waals surface area (Å²) in [5.74, 6) is 0. The van der Waals surface area contributed by atoms with E-state index in [-0.39, 0.29) is 74.4 Å². The van der Waals surface area contributed by atoms with Crippen molar-refractivity contribution < 1.29 is 25.0 Å². The van der Waals surface area contributed by atoms with Gasteiger partial charge in [0.2, 0.25) is 0 Å². The number of hydrogen-bond acceptors (Lipinski definition) is 1. The van der Waals surface area contributed by atoms with Crippen molar-refractivity contribution in [2.45, 2.75) is 0 Å². The second kappa shape index (κ2) is 10.4. The van der Waals surface area contributed by atoms with Gasteiger partial charge in [-0.2, -0.15) is 0 Å². The Kier molecular flexibility index (Phi) is 3.39. The minimum atomic E-state index is -0.698. The maximum Gasteiger partial charge on any atom is 0.143 e. The van der Waals surface area contributed by atoms with Crippen LogP contribution in [0.3, 0.4) is 0 Å². The van der Waals surface area contributed by atoms with Gasteiger partial charge in [-0.1, -0.05) is 157 Å². The molecule has 1 aromatic heterocycles. The average molecular weight is 588 g/mol. The molecule has 45 heavy (non-hydrogen) atoms. The van der Waals surface area contributed by atoms with Gasteiger partial charge >= 0.3 is 0 Å². The van der Waals surface area contributed by atoms with Crippen molar-refractivity contribution in [1.29, 1.82) is 0 Å². The van der Waals surface area contributed by atoms with Gasteiger partial charge in [-0.3, -0.25) is 0 Å². The molecule has 0 saturated heterocycles. The molecule has 0 radical (unpaired) electrons. The third kappa shape index (κ3) is 4.17. The molecule has 1 heterocycles. The summed E-state index contributed by atoms with van der Waals surface area (Å²) < 4.78 is 140. The van der Waals surface area contributed by atoms with E-state index in [9.17, 15) is 6.85 Å². The number of hydrogen-bond donors (Lipinski definition) is 0. The number of benzene rings is 8. The molecule has 0 aliphatic heterocycles. The van der Waals surface area contributed by atoms with Crippen molar-refractivity contribution in [3.05, 3.63) is 169 Å². The van der Waals surface area contributed by atoms with Crippen LogP contribution in [-0.4, -0.2) is 0 Å². The molecule has 0 N–H and O–H groups in total. The Morgan fingerprint density at radius 3 is 1.62 bits per heavy atom. The van der Waals surface area contributed by atoms with Crippen LogP contribution in [0.4, 0.5) is 0 Å². The summed E-state index contributed by atoms with van der Waals surface area (Å²) in [4.78, 5) is 0. The molecule has 0 bridgehead atoms. The summed E-state index contributed by atoms with van der Waals surface area (Å²) in [6.07, 6.45) is 0. The van der Waals surface area contributed by atoms with Crippen LogP contribution >= 0.6 is 0 Å². The summed E-state index contributed by atoms with van der Waals surface area (Å²) in [5.41, 5.74) is -0.138. The largest absolute Gasteiger partial charge is 0.455 e. The first-order valence-electron chi connectivity index (χ1n) is 21.7. The van der Waals surface area contributed by atoms with Crippen LogP contribution < -0.4 is 0 Å². The Labute approximate surface area is 282 Å². The lowest BCUT2D eigenvalue weighted by Crippen LogP contribution is -1.91. The normalized spacial score (nSPS) is 16.2. The van der Waals surface area contributed by atoms with E-state index < -0.39 is 66.0 Å². The zero-order chi connectivity index (χ0) is 42.8. The highest BCUT2D eigenvalue weighted by atomic mass is 16.3. The maximum atomic E-state index is 9.76. The predicted octanol–water partition coefficient (Wildman–Crippen LogP) is 12.6. The molecule has 0 unspecified atom stereocenters. The Morgan fingerprint density at radius 2 is 0.956 bits per heavy atom. The molecule has 0 aliphatic rings. The van der Waals surface area contributed by atoms with Crippen molar-refractivity contribution in [3.63, 3.8) is 0 Å². The van der Waals surface area contributed by atoms with Gasteiger partial charge in [0.05, 0.1) is 20.6 Å². The van der Waals surface area contributed by atoms with E-state index in [4.69, 9.17) is 18.1 Å². The van der Waals surface area contributed by atoms with Crippen LogP contribution in [0.25, 0.3) is 88.0 Å². The highest BCUT2D eigenvalue weighted by molar-refractivity contribution is 6.22. The van der Waals surface area contributed by atoms with Crippen LogP contribution in [0.5, 0.6) is 0 Å². The first kappa shape index (κ1) is 14.7. The molecule has 1 heteroatoms. The van der Waals surface area contributed by atoms with E-state index in [1.54, 1.807) is 78.9 Å². The van der Waals surface area contributed by atoms with Crippen molar-refractivity contribution in [2.75, 3.05) is 0 Å². The minimum Gasteiger partial charge on any atom is -0.455 e. The van der Waals surface area contributed by atoms with Gasteiger partial charge in [0.15, 0.2) is 0 Å². The fourth-order valence-electron chi connectivity index (χ4n) is 5.95. The second-order valence-electron chi connectivity index (χ2n) is 10.5. The topological polar surface area (TPSA) is 13.1 Å². The van der Waals surface area contributed by atoms with Crippen molar-refractivity contribution >= 4 is 43.5 Å². The van der Waals surface area contributed by atoms with Crippen molar-refractivity contribution in [3.8, 4) is 44.5 Å². The van der Waals surface area contributed by atoms with Crippen molar-refractivity contribution in [1.82, 2.24) is 0 Å². The van der Waals surface area contributed by atoms with Gasteiger partial charge in [-0.15, -0.1) is 0 Å². The zero-order valence-corrected chi connectivity index (χ0v) is 23.4. The molecule has 0 saturated carbocycles. The predicted molar refractivity (Wildman–Crippen MR) is 190 cm³/mol. The molecule has 0 spiro atoms. The third-order valence-electron chi connectivity index (χ3n) is 7.93. The minimum absolute atomic E-state index is 0.0477. The SMILES string of the molecule is [2H]c1c([2H])c([2H])c(-c2c([2H])c([2H])c([2H])c3c2oc2c([2H])c([2H])c(-c4c5ccccc5c(-c5c([2H])c([2H])c(-c6ccccc6)c([2H])c5[2H])c5ccccc45)c([2H])c23)c([2H])c1[2H]. The zero-order valence-electron chi connectivity index (χ0n) is 38.4. The van der Waals surface area contributed by atoms with Crippen LogP contribution in [0.1, 0.15) is 20.6 Å². The summed E-state index contributed by atoms with van der Waals surface area (Å²) in [5, 5.41) is 1.48. The number of para-hydroxylation sites is 1.